The second kappa shape index (κ2) is 7.37. The normalized spacial score (nSPS) is 11.4. The molecule has 0 aliphatic carbocycles. The molecule has 1 heterocycles. The maximum Gasteiger partial charge on any atom is 0.390 e. The lowest BCUT2D eigenvalue weighted by Gasteiger charge is -2.11. The highest BCUT2D eigenvalue weighted by atomic mass is 19.4. The van der Waals surface area contributed by atoms with Gasteiger partial charge in [0.1, 0.15) is 0 Å². The molecule has 0 radical (unpaired) electrons. The third kappa shape index (κ3) is 5.60. The maximum absolute atomic E-state index is 12.0. The molecule has 2 N–H and O–H groups in total. The van der Waals surface area contributed by atoms with Gasteiger partial charge in [-0.15, -0.1) is 0 Å². The van der Waals surface area contributed by atoms with Gasteiger partial charge in [-0.05, 0) is 37.6 Å². The lowest BCUT2D eigenvalue weighted by Crippen LogP contribution is -2.31. The largest absolute Gasteiger partial charge is 0.390 e. The van der Waals surface area contributed by atoms with Crippen LogP contribution in [0, 0.1) is 13.8 Å². The molecule has 0 atom stereocenters. The van der Waals surface area contributed by atoms with E-state index in [1.165, 1.54) is 0 Å². The standard InChI is InChI=1S/C16H19F3N4O/c1-11-8-12(2)23(22-11)10-13-4-3-5-14(9-13)21-15(24)20-7-6-16(17,18)19/h3-5,8-9H,6-7,10H2,1-2H3,(H2,20,21,24). The zero-order chi connectivity index (χ0) is 17.7. The van der Waals surface area contributed by atoms with Gasteiger partial charge in [0.2, 0.25) is 0 Å². The van der Waals surface area contributed by atoms with E-state index in [0.717, 1.165) is 17.0 Å². The molecule has 2 amide bonds. The van der Waals surface area contributed by atoms with Crippen LogP contribution in [0.4, 0.5) is 23.7 Å². The van der Waals surface area contributed by atoms with Crippen LogP contribution in [-0.2, 0) is 6.54 Å². The van der Waals surface area contributed by atoms with Crippen LogP contribution in [0.1, 0.15) is 23.4 Å². The monoisotopic (exact) mass is 340 g/mol. The Hall–Kier alpha value is -2.51. The van der Waals surface area contributed by atoms with E-state index in [1.54, 1.807) is 18.2 Å². The van der Waals surface area contributed by atoms with Crippen molar-refractivity contribution in [3.8, 4) is 0 Å². The molecule has 0 saturated carbocycles. The summed E-state index contributed by atoms with van der Waals surface area (Å²) in [5, 5.41) is 9.08. The van der Waals surface area contributed by atoms with Gasteiger partial charge in [-0.2, -0.15) is 18.3 Å². The molecule has 0 aliphatic rings. The Morgan fingerprint density at radius 3 is 2.62 bits per heavy atom. The number of carbonyl (C=O) groups excluding carboxylic acids is 1. The van der Waals surface area contributed by atoms with Gasteiger partial charge in [-0.25, -0.2) is 4.79 Å². The van der Waals surface area contributed by atoms with E-state index in [2.05, 4.69) is 15.7 Å². The number of urea groups is 1. The van der Waals surface area contributed by atoms with Crippen molar-refractivity contribution >= 4 is 11.7 Å². The van der Waals surface area contributed by atoms with Gasteiger partial charge in [0.15, 0.2) is 0 Å². The van der Waals surface area contributed by atoms with Gasteiger partial charge in [0, 0.05) is 17.9 Å². The fraction of sp³-hybridized carbons (Fsp3) is 0.375. The summed E-state index contributed by atoms with van der Waals surface area (Å²) >= 11 is 0. The highest BCUT2D eigenvalue weighted by Crippen LogP contribution is 2.18. The molecule has 24 heavy (non-hydrogen) atoms. The molecular weight excluding hydrogens is 321 g/mol. The van der Waals surface area contributed by atoms with Crippen molar-refractivity contribution in [1.29, 1.82) is 0 Å². The highest BCUT2D eigenvalue weighted by Gasteiger charge is 2.26. The van der Waals surface area contributed by atoms with Gasteiger partial charge in [-0.1, -0.05) is 12.1 Å². The van der Waals surface area contributed by atoms with Crippen LogP contribution in [0.2, 0.25) is 0 Å². The average Bonchev–Trinajstić information content (AvgIpc) is 2.75. The maximum atomic E-state index is 12.0. The number of hydrogen-bond acceptors (Lipinski definition) is 2. The summed E-state index contributed by atoms with van der Waals surface area (Å²) in [4.78, 5) is 11.6. The molecule has 8 heteroatoms. The minimum Gasteiger partial charge on any atom is -0.338 e. The summed E-state index contributed by atoms with van der Waals surface area (Å²) in [6.45, 7) is 3.95. The van der Waals surface area contributed by atoms with Crippen LogP contribution in [0.5, 0.6) is 0 Å². The number of amides is 2. The minimum absolute atomic E-state index is 0.458. The Morgan fingerprint density at radius 2 is 2.00 bits per heavy atom. The first-order valence-corrected chi connectivity index (χ1v) is 7.44. The van der Waals surface area contributed by atoms with Crippen LogP contribution in [0.15, 0.2) is 30.3 Å². The van der Waals surface area contributed by atoms with E-state index >= 15 is 0 Å². The van der Waals surface area contributed by atoms with Crippen molar-refractivity contribution in [1.82, 2.24) is 15.1 Å². The van der Waals surface area contributed by atoms with Crippen molar-refractivity contribution in [2.24, 2.45) is 0 Å². The first-order valence-electron chi connectivity index (χ1n) is 7.44. The Morgan fingerprint density at radius 1 is 1.25 bits per heavy atom. The van der Waals surface area contributed by atoms with Crippen molar-refractivity contribution < 1.29 is 18.0 Å². The molecule has 0 unspecified atom stereocenters. The number of aromatic nitrogens is 2. The van der Waals surface area contributed by atoms with E-state index in [9.17, 15) is 18.0 Å². The fourth-order valence-corrected chi connectivity index (χ4v) is 2.25. The molecule has 0 fully saturated rings. The smallest absolute Gasteiger partial charge is 0.338 e. The third-order valence-corrected chi connectivity index (χ3v) is 3.31. The zero-order valence-electron chi connectivity index (χ0n) is 13.4. The Labute approximate surface area is 137 Å². The molecule has 1 aromatic carbocycles. The minimum atomic E-state index is -4.28. The molecule has 130 valence electrons. The van der Waals surface area contributed by atoms with Crippen LogP contribution in [0.25, 0.3) is 0 Å². The van der Waals surface area contributed by atoms with E-state index in [1.807, 2.05) is 30.7 Å². The number of alkyl halides is 3. The molecule has 0 saturated heterocycles. The van der Waals surface area contributed by atoms with Gasteiger partial charge in [-0.3, -0.25) is 4.68 Å². The first-order chi connectivity index (χ1) is 11.2. The quantitative estimate of drug-likeness (QED) is 0.873. The molecule has 0 spiro atoms. The SMILES string of the molecule is Cc1cc(C)n(Cc2cccc(NC(=O)NCCC(F)(F)F)c2)n1. The van der Waals surface area contributed by atoms with E-state index in [0.29, 0.717) is 12.2 Å². The topological polar surface area (TPSA) is 59.0 Å². The van der Waals surface area contributed by atoms with Crippen molar-refractivity contribution in [3.05, 3.63) is 47.3 Å². The Bertz CT molecular complexity index is 710. The number of nitrogens with one attached hydrogen (secondary N) is 2. The second-order valence-corrected chi connectivity index (χ2v) is 5.53. The molecule has 0 bridgehead atoms. The molecule has 0 aliphatic heterocycles. The van der Waals surface area contributed by atoms with Crippen LogP contribution in [-0.4, -0.2) is 28.5 Å². The fourth-order valence-electron chi connectivity index (χ4n) is 2.25. The van der Waals surface area contributed by atoms with Crippen molar-refractivity contribution in [3.63, 3.8) is 0 Å². The van der Waals surface area contributed by atoms with Gasteiger partial charge < -0.3 is 10.6 Å². The Balaban J connectivity index is 1.92. The summed E-state index contributed by atoms with van der Waals surface area (Å²) in [5.74, 6) is 0. The van der Waals surface area contributed by atoms with E-state index in [-0.39, 0.29) is 0 Å². The van der Waals surface area contributed by atoms with Crippen molar-refractivity contribution in [2.75, 3.05) is 11.9 Å². The second-order valence-electron chi connectivity index (χ2n) is 5.53. The number of carbonyl (C=O) groups is 1. The number of hydrogen-bond donors (Lipinski definition) is 2. The molecular formula is C16H19F3N4O. The zero-order valence-corrected chi connectivity index (χ0v) is 13.4. The van der Waals surface area contributed by atoms with Crippen LogP contribution in [0.3, 0.4) is 0 Å². The Kier molecular flexibility index (Phi) is 5.48. The molecule has 5 nitrogen and oxygen atoms in total. The van der Waals surface area contributed by atoms with E-state index < -0.39 is 25.2 Å². The summed E-state index contributed by atoms with van der Waals surface area (Å²) < 4.78 is 38.0. The number of aryl methyl sites for hydroxylation is 2. The average molecular weight is 340 g/mol. The van der Waals surface area contributed by atoms with Gasteiger partial charge in [0.05, 0.1) is 18.7 Å². The summed E-state index contributed by atoms with van der Waals surface area (Å²) in [6, 6.07) is 8.40. The highest BCUT2D eigenvalue weighted by molar-refractivity contribution is 5.89. The number of rotatable bonds is 5. The predicted molar refractivity (Wildman–Crippen MR) is 84.9 cm³/mol. The lowest BCUT2D eigenvalue weighted by molar-refractivity contribution is -0.132. The number of nitrogens with zero attached hydrogens (tertiary/aromatic N) is 2. The molecule has 1 aromatic heterocycles. The van der Waals surface area contributed by atoms with Crippen molar-refractivity contribution in [2.45, 2.75) is 33.0 Å². The molecule has 2 aromatic rings. The van der Waals surface area contributed by atoms with Gasteiger partial charge >= 0.3 is 12.2 Å². The summed E-state index contributed by atoms with van der Waals surface area (Å²) in [7, 11) is 0. The van der Waals surface area contributed by atoms with E-state index in [4.69, 9.17) is 0 Å². The van der Waals surface area contributed by atoms with Crippen LogP contribution < -0.4 is 10.6 Å². The number of anilines is 1. The van der Waals surface area contributed by atoms with Gasteiger partial charge in [0.25, 0.3) is 0 Å². The summed E-state index contributed by atoms with van der Waals surface area (Å²) in [5.41, 5.74) is 3.38. The first kappa shape index (κ1) is 17.8. The third-order valence-electron chi connectivity index (χ3n) is 3.31. The van der Waals surface area contributed by atoms with Crippen LogP contribution >= 0.6 is 0 Å². The summed E-state index contributed by atoms with van der Waals surface area (Å²) in [6.07, 6.45) is -5.34. The lowest BCUT2D eigenvalue weighted by atomic mass is 10.2. The number of benzene rings is 1. The predicted octanol–water partition coefficient (Wildman–Crippen LogP) is 3.62. The number of halogens is 3. The molecule has 2 rings (SSSR count).